The van der Waals surface area contributed by atoms with E-state index in [1.54, 1.807) is 13.1 Å². The normalized spacial score (nSPS) is 12.1. The zero-order valence-corrected chi connectivity index (χ0v) is 13.6. The van der Waals surface area contributed by atoms with Crippen LogP contribution in [-0.2, 0) is 11.2 Å². The Labute approximate surface area is 139 Å². The molecule has 6 heteroatoms. The molecule has 0 aliphatic carbocycles. The van der Waals surface area contributed by atoms with Crippen LogP contribution in [-0.4, -0.2) is 34.9 Å². The van der Waals surface area contributed by atoms with E-state index in [1.165, 1.54) is 0 Å². The lowest BCUT2D eigenvalue weighted by molar-refractivity contribution is -0.122. The zero-order valence-electron chi connectivity index (χ0n) is 13.6. The summed E-state index contributed by atoms with van der Waals surface area (Å²) in [4.78, 5) is 30.7. The maximum absolute atomic E-state index is 12.4. The number of hydrogen-bond acceptors (Lipinski definition) is 2. The molecule has 1 aromatic carbocycles. The maximum Gasteiger partial charge on any atom is 0.268 e. The highest BCUT2D eigenvalue weighted by molar-refractivity contribution is 5.96. The van der Waals surface area contributed by atoms with Crippen LogP contribution >= 0.6 is 0 Å². The summed E-state index contributed by atoms with van der Waals surface area (Å²) in [6, 6.07) is 10.8. The van der Waals surface area contributed by atoms with E-state index in [-0.39, 0.29) is 11.8 Å². The molecule has 0 unspecified atom stereocenters. The third-order valence-electron chi connectivity index (χ3n) is 4.04. The van der Waals surface area contributed by atoms with Crippen LogP contribution in [0, 0.1) is 6.92 Å². The minimum Gasteiger partial charge on any atom is -0.361 e. The number of rotatable bonds is 5. The number of likely N-dealkylation sites (N-methyl/N-ethyl adjacent to an activating group) is 1. The smallest absolute Gasteiger partial charge is 0.268 e. The Bertz CT molecular complexity index is 878. The summed E-state index contributed by atoms with van der Waals surface area (Å²) in [6.07, 6.45) is 2.29. The Kier molecular flexibility index (Phi) is 4.37. The van der Waals surface area contributed by atoms with Gasteiger partial charge in [0.25, 0.3) is 5.91 Å². The van der Waals surface area contributed by atoms with E-state index < -0.39 is 6.04 Å². The molecule has 0 bridgehead atoms. The molecule has 1 atom stereocenters. The lowest BCUT2D eigenvalue weighted by Gasteiger charge is -2.16. The first kappa shape index (κ1) is 15.9. The number of carbonyl (C=O) groups is 2. The Morgan fingerprint density at radius 2 is 1.96 bits per heavy atom. The molecule has 0 saturated carbocycles. The topological polar surface area (TPSA) is 89.8 Å². The number of carbonyl (C=O) groups excluding carboxylic acids is 2. The molecule has 24 heavy (non-hydrogen) atoms. The average Bonchev–Trinajstić information content (AvgIpc) is 3.20. The van der Waals surface area contributed by atoms with Crippen LogP contribution < -0.4 is 10.6 Å². The van der Waals surface area contributed by atoms with Gasteiger partial charge in [-0.2, -0.15) is 0 Å². The van der Waals surface area contributed by atoms with E-state index in [9.17, 15) is 9.59 Å². The van der Waals surface area contributed by atoms with Gasteiger partial charge in [0.05, 0.1) is 0 Å². The Morgan fingerprint density at radius 3 is 2.67 bits per heavy atom. The van der Waals surface area contributed by atoms with Gasteiger partial charge in [-0.15, -0.1) is 0 Å². The molecule has 0 saturated heterocycles. The number of benzene rings is 1. The fraction of sp³-hybridized carbons (Fsp3) is 0.222. The maximum atomic E-state index is 12.4. The standard InChI is InChI=1S/C18H20N4O2/c1-11-7-8-15(21-11)18(24)22-16(17(23)19-2)9-12-10-20-14-6-4-3-5-13(12)14/h3-8,10,16,20-21H,9H2,1-2H3,(H,19,23)(H,22,24)/t16-/m0/s1. The van der Waals surface area contributed by atoms with Crippen LogP contribution in [0.5, 0.6) is 0 Å². The Morgan fingerprint density at radius 1 is 1.17 bits per heavy atom. The van der Waals surface area contributed by atoms with Crippen LogP contribution in [0.3, 0.4) is 0 Å². The van der Waals surface area contributed by atoms with Crippen LogP contribution in [0.15, 0.2) is 42.6 Å². The minimum absolute atomic E-state index is 0.225. The van der Waals surface area contributed by atoms with E-state index in [1.807, 2.05) is 43.5 Å². The lowest BCUT2D eigenvalue weighted by Crippen LogP contribution is -2.47. The van der Waals surface area contributed by atoms with Crippen LogP contribution in [0.1, 0.15) is 21.7 Å². The second kappa shape index (κ2) is 6.62. The third-order valence-corrected chi connectivity index (χ3v) is 4.04. The Balaban J connectivity index is 1.81. The number of aryl methyl sites for hydroxylation is 1. The summed E-state index contributed by atoms with van der Waals surface area (Å²) in [6.45, 7) is 1.87. The van der Waals surface area contributed by atoms with Crippen molar-refractivity contribution in [2.75, 3.05) is 7.05 Å². The number of fused-ring (bicyclic) bond motifs is 1. The van der Waals surface area contributed by atoms with Crippen LogP contribution in [0.4, 0.5) is 0 Å². The molecular formula is C18H20N4O2. The number of nitrogens with one attached hydrogen (secondary N) is 4. The molecule has 0 spiro atoms. The van der Waals surface area contributed by atoms with Crippen molar-refractivity contribution in [1.29, 1.82) is 0 Å². The fourth-order valence-electron chi connectivity index (χ4n) is 2.78. The van der Waals surface area contributed by atoms with Crippen molar-refractivity contribution in [2.45, 2.75) is 19.4 Å². The molecular weight excluding hydrogens is 304 g/mol. The third kappa shape index (κ3) is 3.17. The van der Waals surface area contributed by atoms with E-state index in [0.29, 0.717) is 12.1 Å². The van der Waals surface area contributed by atoms with Crippen molar-refractivity contribution in [2.24, 2.45) is 0 Å². The number of H-pyrrole nitrogens is 2. The van der Waals surface area contributed by atoms with Crippen molar-refractivity contribution < 1.29 is 9.59 Å². The average molecular weight is 324 g/mol. The van der Waals surface area contributed by atoms with Gasteiger partial charge in [0.1, 0.15) is 11.7 Å². The highest BCUT2D eigenvalue weighted by Crippen LogP contribution is 2.19. The number of aromatic amines is 2. The highest BCUT2D eigenvalue weighted by atomic mass is 16.2. The van der Waals surface area contributed by atoms with Gasteiger partial charge in [-0.25, -0.2) is 0 Å². The molecule has 2 heterocycles. The van der Waals surface area contributed by atoms with Crippen molar-refractivity contribution >= 4 is 22.7 Å². The van der Waals surface area contributed by atoms with Crippen LogP contribution in [0.2, 0.25) is 0 Å². The van der Waals surface area contributed by atoms with E-state index in [0.717, 1.165) is 22.2 Å². The van der Waals surface area contributed by atoms with Gasteiger partial charge in [0.15, 0.2) is 0 Å². The highest BCUT2D eigenvalue weighted by Gasteiger charge is 2.22. The van der Waals surface area contributed by atoms with Gasteiger partial charge in [-0.1, -0.05) is 18.2 Å². The van der Waals surface area contributed by atoms with Gasteiger partial charge in [0.2, 0.25) is 5.91 Å². The fourth-order valence-corrected chi connectivity index (χ4v) is 2.78. The molecule has 6 nitrogen and oxygen atoms in total. The van der Waals surface area contributed by atoms with E-state index in [2.05, 4.69) is 20.6 Å². The molecule has 4 N–H and O–H groups in total. The molecule has 2 amide bonds. The van der Waals surface area contributed by atoms with Gasteiger partial charge < -0.3 is 20.6 Å². The molecule has 3 aromatic rings. The van der Waals surface area contributed by atoms with Crippen molar-refractivity contribution in [1.82, 2.24) is 20.6 Å². The molecule has 0 aliphatic rings. The second-order valence-corrected chi connectivity index (χ2v) is 5.76. The SMILES string of the molecule is CNC(=O)[C@H](Cc1c[nH]c2ccccc12)NC(=O)c1ccc(C)[nH]1. The van der Waals surface area contributed by atoms with E-state index >= 15 is 0 Å². The molecule has 0 radical (unpaired) electrons. The van der Waals surface area contributed by atoms with Gasteiger partial charge >= 0.3 is 0 Å². The molecule has 0 aliphatic heterocycles. The zero-order chi connectivity index (χ0) is 17.1. The van der Waals surface area contributed by atoms with Gasteiger partial charge in [-0.3, -0.25) is 9.59 Å². The number of para-hydroxylation sites is 1. The van der Waals surface area contributed by atoms with Gasteiger partial charge in [0, 0.05) is 36.3 Å². The first-order chi connectivity index (χ1) is 11.6. The first-order valence-electron chi connectivity index (χ1n) is 7.81. The summed E-state index contributed by atoms with van der Waals surface area (Å²) >= 11 is 0. The number of aromatic nitrogens is 2. The van der Waals surface area contributed by atoms with E-state index in [4.69, 9.17) is 0 Å². The summed E-state index contributed by atoms with van der Waals surface area (Å²) in [5.41, 5.74) is 3.34. The number of amides is 2. The molecule has 124 valence electrons. The van der Waals surface area contributed by atoms with Crippen LogP contribution in [0.25, 0.3) is 10.9 Å². The predicted octanol–water partition coefficient (Wildman–Crippen LogP) is 1.89. The first-order valence-corrected chi connectivity index (χ1v) is 7.81. The molecule has 0 fully saturated rings. The monoisotopic (exact) mass is 324 g/mol. The summed E-state index contributed by atoms with van der Waals surface area (Å²) in [5, 5.41) is 6.47. The van der Waals surface area contributed by atoms with Gasteiger partial charge in [-0.05, 0) is 30.7 Å². The second-order valence-electron chi connectivity index (χ2n) is 5.76. The lowest BCUT2D eigenvalue weighted by atomic mass is 10.0. The molecule has 3 rings (SSSR count). The number of hydrogen-bond donors (Lipinski definition) is 4. The summed E-state index contributed by atoms with van der Waals surface area (Å²) < 4.78 is 0. The van der Waals surface area contributed by atoms with Crippen molar-refractivity contribution in [3.8, 4) is 0 Å². The Hall–Kier alpha value is -3.02. The predicted molar refractivity (Wildman–Crippen MR) is 92.9 cm³/mol. The van der Waals surface area contributed by atoms with Crippen molar-refractivity contribution in [3.05, 3.63) is 59.5 Å². The summed E-state index contributed by atoms with van der Waals surface area (Å²) in [7, 11) is 1.56. The van der Waals surface area contributed by atoms with Crippen molar-refractivity contribution in [3.63, 3.8) is 0 Å². The summed E-state index contributed by atoms with van der Waals surface area (Å²) in [5.74, 6) is -0.520. The quantitative estimate of drug-likeness (QED) is 0.577. The molecule has 2 aromatic heterocycles. The minimum atomic E-state index is -0.648. The largest absolute Gasteiger partial charge is 0.361 e.